The van der Waals surface area contributed by atoms with Crippen molar-refractivity contribution in [1.82, 2.24) is 4.57 Å². The molecular formula is C42H30BrNSi. The van der Waals surface area contributed by atoms with Gasteiger partial charge in [-0.15, -0.1) is 0 Å². The van der Waals surface area contributed by atoms with Crippen molar-refractivity contribution in [1.29, 1.82) is 0 Å². The van der Waals surface area contributed by atoms with E-state index in [1.807, 2.05) is 0 Å². The number of hydrogen-bond donors (Lipinski definition) is 0. The number of para-hydroxylation sites is 1. The average Bonchev–Trinajstić information content (AvgIpc) is 3.73. The molecule has 45 heavy (non-hydrogen) atoms. The zero-order chi connectivity index (χ0) is 56.3. The SMILES string of the molecule is [2H]c1c([2H])c([2H])c([Si](c2c([2H])c([2H])c([2H])c([2H])c2[2H])(c2c([2H])c([2H])c([2H])c([2H])c2[2H])c2c([2H])c([2H])c([2H])c(-n3c4c([2H])c([2H])c([2H])c([2H])c4c4c([2H])c(-c5c([2H])c([2H])c([2H])c([2H])c5Br)c([2H])c([2H])c43)c2[2H])c([2H])c1[2H]. The molecule has 8 aromatic rings. The third kappa shape index (κ3) is 4.59. The molecule has 1 nitrogen and oxygen atoms in total. The predicted molar refractivity (Wildman–Crippen MR) is 198 cm³/mol. The van der Waals surface area contributed by atoms with E-state index in [4.69, 9.17) is 20.6 Å². The lowest BCUT2D eigenvalue weighted by atomic mass is 10.0. The summed E-state index contributed by atoms with van der Waals surface area (Å²) in [4.78, 5) is 0. The van der Waals surface area contributed by atoms with Gasteiger partial charge in [-0.2, -0.15) is 0 Å². The van der Waals surface area contributed by atoms with Gasteiger partial charge in [0.25, 0.3) is 0 Å². The third-order valence-electron chi connectivity index (χ3n) is 6.88. The second-order valence-corrected chi connectivity index (χ2v) is 13.5. The highest BCUT2D eigenvalue weighted by Gasteiger charge is 2.41. The lowest BCUT2D eigenvalue weighted by Crippen LogP contribution is -2.74. The van der Waals surface area contributed by atoms with E-state index in [0.29, 0.717) is 4.57 Å². The first-order valence-electron chi connectivity index (χ1n) is 27.9. The van der Waals surface area contributed by atoms with Crippen molar-refractivity contribution in [3.63, 3.8) is 0 Å². The predicted octanol–water partition coefficient (Wildman–Crippen LogP) is 8.59. The number of fused-ring (bicyclic) bond motifs is 3. The molecule has 0 radical (unpaired) electrons. The molecule has 0 bridgehead atoms. The summed E-state index contributed by atoms with van der Waals surface area (Å²) >= 11 is 3.10. The van der Waals surface area contributed by atoms with Crippen LogP contribution in [0.2, 0.25) is 0 Å². The van der Waals surface area contributed by atoms with E-state index >= 15 is 0 Å². The smallest absolute Gasteiger partial charge is 0.179 e. The van der Waals surface area contributed by atoms with Crippen LogP contribution in [0.25, 0.3) is 38.6 Å². The van der Waals surface area contributed by atoms with Gasteiger partial charge >= 0.3 is 0 Å². The molecule has 0 saturated carbocycles. The lowest BCUT2D eigenvalue weighted by molar-refractivity contribution is 1.18. The van der Waals surface area contributed by atoms with E-state index in [9.17, 15) is 20.6 Å². The Labute approximate surface area is 315 Å². The first-order valence-corrected chi connectivity index (χ1v) is 15.7. The van der Waals surface area contributed by atoms with Gasteiger partial charge < -0.3 is 4.57 Å². The zero-order valence-corrected chi connectivity index (χ0v) is 24.9. The molecular weight excluding hydrogens is 626 g/mol. The van der Waals surface area contributed by atoms with Crippen LogP contribution in [0.4, 0.5) is 0 Å². The largest absolute Gasteiger partial charge is 0.309 e. The van der Waals surface area contributed by atoms with Gasteiger partial charge in [0.1, 0.15) is 0 Å². The molecule has 0 fully saturated rings. The fraction of sp³-hybridized carbons (Fsp3) is 0. The Bertz CT molecular complexity index is 3700. The molecule has 0 saturated heterocycles. The fourth-order valence-electron chi connectivity index (χ4n) is 5.03. The lowest BCUT2D eigenvalue weighted by Gasteiger charge is -2.34. The second kappa shape index (κ2) is 11.5. The average molecular weight is 687 g/mol. The summed E-state index contributed by atoms with van der Waals surface area (Å²) in [6, 6.07) is -33.8. The first-order chi connectivity index (χ1) is 34.7. The summed E-state index contributed by atoms with van der Waals surface area (Å²) in [5.74, 6) is 0. The highest BCUT2D eigenvalue weighted by atomic mass is 79.9. The first kappa shape index (κ1) is 10.3. The summed E-state index contributed by atoms with van der Waals surface area (Å²) in [5.41, 5.74) is -4.00. The van der Waals surface area contributed by atoms with E-state index in [1.165, 1.54) is 0 Å². The molecule has 7 aromatic carbocycles. The highest BCUT2D eigenvalue weighted by molar-refractivity contribution is 9.10. The Morgan fingerprint density at radius 2 is 0.978 bits per heavy atom. The quantitative estimate of drug-likeness (QED) is 0.122. The number of hydrogen-bond acceptors (Lipinski definition) is 0. The molecule has 0 atom stereocenters. The minimum absolute atomic E-state index is 0.398. The minimum Gasteiger partial charge on any atom is -0.309 e. The van der Waals surface area contributed by atoms with Crippen molar-refractivity contribution in [2.45, 2.75) is 0 Å². The molecule has 1 aromatic heterocycles. The normalized spacial score (nSPS) is 21.0. The van der Waals surface area contributed by atoms with Crippen molar-refractivity contribution in [2.24, 2.45) is 0 Å². The topological polar surface area (TPSA) is 4.93 Å². The fourth-order valence-corrected chi connectivity index (χ4v) is 8.98. The Morgan fingerprint density at radius 1 is 0.444 bits per heavy atom. The van der Waals surface area contributed by atoms with Gasteiger partial charge in [0.15, 0.2) is 8.07 Å². The van der Waals surface area contributed by atoms with Gasteiger partial charge in [-0.25, -0.2) is 0 Å². The zero-order valence-electron chi connectivity index (χ0n) is 52.3. The molecule has 0 aliphatic carbocycles. The van der Waals surface area contributed by atoms with Crippen LogP contribution < -0.4 is 20.7 Å². The molecule has 8 rings (SSSR count). The van der Waals surface area contributed by atoms with Crippen LogP contribution >= 0.6 is 15.9 Å². The van der Waals surface area contributed by atoms with Gasteiger partial charge in [-0.3, -0.25) is 0 Å². The molecule has 0 amide bonds. The van der Waals surface area contributed by atoms with Gasteiger partial charge in [-0.05, 0) is 68.1 Å². The summed E-state index contributed by atoms with van der Waals surface area (Å²) in [5, 5.41) is -6.13. The van der Waals surface area contributed by atoms with E-state index < -0.39 is 253 Å². The Hall–Kier alpha value is -4.96. The van der Waals surface area contributed by atoms with E-state index in [-0.39, 0.29) is 0 Å². The van der Waals surface area contributed by atoms with Crippen LogP contribution in [0.1, 0.15) is 41.1 Å². The monoisotopic (exact) mass is 685 g/mol. The Balaban J connectivity index is 1.80. The second-order valence-electron chi connectivity index (χ2n) is 9.20. The van der Waals surface area contributed by atoms with Crippen LogP contribution in [0.15, 0.2) is 186 Å². The molecule has 0 aliphatic heterocycles. The molecule has 0 unspecified atom stereocenters. The van der Waals surface area contributed by atoms with Crippen molar-refractivity contribution < 1.29 is 41.1 Å². The standard InChI is InChI=1S/C42H30BrNSi/c43-40-25-12-10-23-37(40)31-27-28-42-39(29-31)38-24-11-13-26-41(38)44(42)32-15-14-22-36(30-32)45(33-16-4-1-5-17-33,34-18-6-2-7-19-34)35-20-8-3-9-21-35/h1-30H/i1D,2D,3D,4D,5D,6D,7D,8D,9D,10D,11D,12D,13D,14D,15D,16D,17D,18D,19D,20D,21D,22D,23D,24D,25D,26D,27D,28D,29D,30D. The van der Waals surface area contributed by atoms with Gasteiger partial charge in [0.05, 0.1) is 52.2 Å². The van der Waals surface area contributed by atoms with E-state index in [2.05, 4.69) is 15.9 Å². The van der Waals surface area contributed by atoms with Crippen molar-refractivity contribution >= 4 is 66.6 Å². The summed E-state index contributed by atoms with van der Waals surface area (Å²) in [6.07, 6.45) is 0. The summed E-state index contributed by atoms with van der Waals surface area (Å²) in [6.45, 7) is 0. The minimum atomic E-state index is -6.44. The van der Waals surface area contributed by atoms with E-state index in [0.717, 1.165) is 0 Å². The number of aromatic nitrogens is 1. The summed E-state index contributed by atoms with van der Waals surface area (Å²) in [7, 11) is -6.44. The van der Waals surface area contributed by atoms with Crippen LogP contribution in [-0.2, 0) is 0 Å². The number of nitrogens with zero attached hydrogens (tertiary/aromatic N) is 1. The van der Waals surface area contributed by atoms with Crippen LogP contribution in [0.5, 0.6) is 0 Å². The van der Waals surface area contributed by atoms with Crippen molar-refractivity contribution in [3.05, 3.63) is 186 Å². The molecule has 3 heteroatoms. The van der Waals surface area contributed by atoms with Crippen LogP contribution in [-0.4, -0.2) is 12.6 Å². The highest BCUT2D eigenvalue weighted by Crippen LogP contribution is 2.36. The summed E-state index contributed by atoms with van der Waals surface area (Å²) < 4.78 is 273. The van der Waals surface area contributed by atoms with Gasteiger partial charge in [-0.1, -0.05) is 161 Å². The Morgan fingerprint density at radius 3 is 1.64 bits per heavy atom. The van der Waals surface area contributed by atoms with Crippen molar-refractivity contribution in [3.8, 4) is 16.8 Å². The van der Waals surface area contributed by atoms with Crippen molar-refractivity contribution in [2.75, 3.05) is 0 Å². The maximum atomic E-state index is 10.3. The molecule has 0 spiro atoms. The molecule has 214 valence electrons. The maximum absolute atomic E-state index is 10.3. The number of benzene rings is 7. The van der Waals surface area contributed by atoms with Crippen LogP contribution in [0.3, 0.4) is 0 Å². The molecule has 1 heterocycles. The molecule has 0 aliphatic rings. The van der Waals surface area contributed by atoms with Crippen LogP contribution in [0, 0.1) is 0 Å². The molecule has 0 N–H and O–H groups in total. The number of halogens is 1. The van der Waals surface area contributed by atoms with Gasteiger partial charge in [0, 0.05) is 20.9 Å². The van der Waals surface area contributed by atoms with E-state index in [1.54, 1.807) is 0 Å². The maximum Gasteiger partial charge on any atom is 0.179 e. The number of rotatable bonds is 6. The van der Waals surface area contributed by atoms with Gasteiger partial charge in [0.2, 0.25) is 0 Å². The Kier molecular flexibility index (Phi) is 2.63. The third-order valence-corrected chi connectivity index (χ3v) is 11.5.